The summed E-state index contributed by atoms with van der Waals surface area (Å²) in [6.45, 7) is 1.88. The van der Waals surface area contributed by atoms with Crippen LogP contribution in [0.1, 0.15) is 23.1 Å². The van der Waals surface area contributed by atoms with Gasteiger partial charge in [-0.25, -0.2) is 9.97 Å². The third-order valence-electron chi connectivity index (χ3n) is 2.87. The molecule has 5 heteroatoms. The zero-order valence-corrected chi connectivity index (χ0v) is 10.6. The second kappa shape index (κ2) is 5.55. The molecule has 5 nitrogen and oxygen atoms in total. The summed E-state index contributed by atoms with van der Waals surface area (Å²) in [5.41, 5.74) is 8.68. The molecule has 1 atom stereocenters. The van der Waals surface area contributed by atoms with Crippen molar-refractivity contribution in [1.82, 2.24) is 20.3 Å². The molecule has 0 spiro atoms. The Labute approximate surface area is 106 Å². The third kappa shape index (κ3) is 2.81. The van der Waals surface area contributed by atoms with Gasteiger partial charge in [0.1, 0.15) is 5.82 Å². The number of aryl methyl sites for hydroxylation is 1. The molecular formula is C13H17N5. The highest BCUT2D eigenvalue weighted by atomic mass is 14.9. The van der Waals surface area contributed by atoms with Crippen LogP contribution in [0, 0.1) is 6.92 Å². The standard InChI is InChI=1S/C13H17N5/c1-9-17-6-4-12(18-9)13(15-2)7-10-8-16-5-3-11(10)14/h3-6,8,13,15H,7H2,1-2H3,(H2,14,16). The zero-order valence-electron chi connectivity index (χ0n) is 10.6. The van der Waals surface area contributed by atoms with Gasteiger partial charge in [-0.15, -0.1) is 0 Å². The van der Waals surface area contributed by atoms with E-state index in [-0.39, 0.29) is 6.04 Å². The molecule has 0 radical (unpaired) electrons. The molecule has 0 amide bonds. The van der Waals surface area contributed by atoms with Gasteiger partial charge in [-0.1, -0.05) is 0 Å². The van der Waals surface area contributed by atoms with E-state index in [4.69, 9.17) is 5.73 Å². The zero-order chi connectivity index (χ0) is 13.0. The van der Waals surface area contributed by atoms with Crippen LogP contribution in [0.25, 0.3) is 0 Å². The molecule has 2 aromatic heterocycles. The number of nitrogens with one attached hydrogen (secondary N) is 1. The van der Waals surface area contributed by atoms with E-state index in [0.29, 0.717) is 0 Å². The van der Waals surface area contributed by atoms with Gasteiger partial charge in [0.25, 0.3) is 0 Å². The van der Waals surface area contributed by atoms with Crippen molar-refractivity contribution >= 4 is 5.69 Å². The predicted molar refractivity (Wildman–Crippen MR) is 70.9 cm³/mol. The highest BCUT2D eigenvalue weighted by molar-refractivity contribution is 5.45. The number of nitrogen functional groups attached to an aromatic ring is 1. The lowest BCUT2D eigenvalue weighted by Crippen LogP contribution is -2.21. The van der Waals surface area contributed by atoms with Gasteiger partial charge in [-0.2, -0.15) is 0 Å². The molecule has 0 fully saturated rings. The summed E-state index contributed by atoms with van der Waals surface area (Å²) in [7, 11) is 1.91. The van der Waals surface area contributed by atoms with Crippen molar-refractivity contribution in [2.75, 3.05) is 12.8 Å². The lowest BCUT2D eigenvalue weighted by Gasteiger charge is -2.16. The minimum absolute atomic E-state index is 0.109. The first-order chi connectivity index (χ1) is 8.70. The fourth-order valence-electron chi connectivity index (χ4n) is 1.85. The number of nitrogens with two attached hydrogens (primary N) is 1. The second-order valence-electron chi connectivity index (χ2n) is 4.15. The summed E-state index contributed by atoms with van der Waals surface area (Å²) in [6.07, 6.45) is 6.02. The first-order valence-corrected chi connectivity index (χ1v) is 5.86. The SMILES string of the molecule is CNC(Cc1cnccc1N)c1ccnc(C)n1. The van der Waals surface area contributed by atoms with Crippen molar-refractivity contribution in [2.45, 2.75) is 19.4 Å². The number of likely N-dealkylation sites (N-methyl/N-ethyl adjacent to an activating group) is 1. The van der Waals surface area contributed by atoms with E-state index in [1.165, 1.54) is 0 Å². The minimum Gasteiger partial charge on any atom is -0.398 e. The van der Waals surface area contributed by atoms with E-state index in [1.807, 2.05) is 26.1 Å². The number of aromatic nitrogens is 3. The first kappa shape index (κ1) is 12.4. The van der Waals surface area contributed by atoms with Crippen LogP contribution in [0.4, 0.5) is 5.69 Å². The molecular weight excluding hydrogens is 226 g/mol. The molecule has 2 rings (SSSR count). The van der Waals surface area contributed by atoms with Gasteiger partial charge >= 0.3 is 0 Å². The Balaban J connectivity index is 2.23. The van der Waals surface area contributed by atoms with Crippen LogP contribution in [-0.4, -0.2) is 22.0 Å². The molecule has 94 valence electrons. The fraction of sp³-hybridized carbons (Fsp3) is 0.308. The maximum absolute atomic E-state index is 5.93. The van der Waals surface area contributed by atoms with Crippen molar-refractivity contribution in [3.05, 3.63) is 47.8 Å². The Hall–Kier alpha value is -2.01. The molecule has 1 unspecified atom stereocenters. The summed E-state index contributed by atoms with van der Waals surface area (Å²) in [5.74, 6) is 0.770. The van der Waals surface area contributed by atoms with Crippen molar-refractivity contribution in [3.63, 3.8) is 0 Å². The fourth-order valence-corrected chi connectivity index (χ4v) is 1.85. The van der Waals surface area contributed by atoms with Gasteiger partial charge < -0.3 is 11.1 Å². The Kier molecular flexibility index (Phi) is 3.84. The van der Waals surface area contributed by atoms with Gasteiger partial charge in [0, 0.05) is 24.3 Å². The van der Waals surface area contributed by atoms with E-state index in [2.05, 4.69) is 20.3 Å². The Morgan fingerprint density at radius 2 is 2.17 bits per heavy atom. The summed E-state index contributed by atoms with van der Waals surface area (Å²) in [4.78, 5) is 12.6. The van der Waals surface area contributed by atoms with Crippen LogP contribution in [-0.2, 0) is 6.42 Å². The lowest BCUT2D eigenvalue weighted by molar-refractivity contribution is 0.572. The van der Waals surface area contributed by atoms with Gasteiger partial charge in [-0.05, 0) is 38.1 Å². The summed E-state index contributed by atoms with van der Waals surface area (Å²) in [5, 5.41) is 3.25. The van der Waals surface area contributed by atoms with Crippen molar-refractivity contribution in [3.8, 4) is 0 Å². The highest BCUT2D eigenvalue weighted by Gasteiger charge is 2.13. The number of anilines is 1. The molecule has 0 saturated carbocycles. The van der Waals surface area contributed by atoms with E-state index < -0.39 is 0 Å². The van der Waals surface area contributed by atoms with Crippen LogP contribution >= 0.6 is 0 Å². The van der Waals surface area contributed by atoms with E-state index in [9.17, 15) is 0 Å². The maximum Gasteiger partial charge on any atom is 0.125 e. The average molecular weight is 243 g/mol. The molecule has 2 heterocycles. The summed E-state index contributed by atoms with van der Waals surface area (Å²) < 4.78 is 0. The summed E-state index contributed by atoms with van der Waals surface area (Å²) in [6, 6.07) is 3.84. The van der Waals surface area contributed by atoms with Gasteiger partial charge in [0.15, 0.2) is 0 Å². The van der Waals surface area contributed by atoms with Crippen LogP contribution in [0.3, 0.4) is 0 Å². The molecule has 0 aliphatic carbocycles. The van der Waals surface area contributed by atoms with Gasteiger partial charge in [0.2, 0.25) is 0 Å². The smallest absolute Gasteiger partial charge is 0.125 e. The largest absolute Gasteiger partial charge is 0.398 e. The second-order valence-corrected chi connectivity index (χ2v) is 4.15. The Bertz CT molecular complexity index is 526. The van der Waals surface area contributed by atoms with Crippen molar-refractivity contribution < 1.29 is 0 Å². The van der Waals surface area contributed by atoms with Crippen molar-refractivity contribution in [2.24, 2.45) is 0 Å². The van der Waals surface area contributed by atoms with Crippen LogP contribution in [0.5, 0.6) is 0 Å². The van der Waals surface area contributed by atoms with E-state index >= 15 is 0 Å². The van der Waals surface area contributed by atoms with Crippen LogP contribution < -0.4 is 11.1 Å². The summed E-state index contributed by atoms with van der Waals surface area (Å²) >= 11 is 0. The Morgan fingerprint density at radius 1 is 1.33 bits per heavy atom. The van der Waals surface area contributed by atoms with Gasteiger partial charge in [0.05, 0.1) is 11.7 Å². The van der Waals surface area contributed by atoms with Gasteiger partial charge in [-0.3, -0.25) is 4.98 Å². The quantitative estimate of drug-likeness (QED) is 0.845. The van der Waals surface area contributed by atoms with Crippen molar-refractivity contribution in [1.29, 1.82) is 0 Å². The molecule has 0 aliphatic rings. The molecule has 2 aromatic rings. The molecule has 0 aliphatic heterocycles. The number of rotatable bonds is 4. The van der Waals surface area contributed by atoms with Crippen LogP contribution in [0.2, 0.25) is 0 Å². The number of hydrogen-bond donors (Lipinski definition) is 2. The molecule has 18 heavy (non-hydrogen) atoms. The van der Waals surface area contributed by atoms with E-state index in [1.54, 1.807) is 18.6 Å². The first-order valence-electron chi connectivity index (χ1n) is 5.86. The molecule has 0 bridgehead atoms. The lowest BCUT2D eigenvalue weighted by atomic mass is 10.0. The molecule has 0 aromatic carbocycles. The molecule has 0 saturated heterocycles. The Morgan fingerprint density at radius 3 is 2.83 bits per heavy atom. The van der Waals surface area contributed by atoms with Crippen LogP contribution in [0.15, 0.2) is 30.7 Å². The minimum atomic E-state index is 0.109. The topological polar surface area (TPSA) is 76.7 Å². The normalized spacial score (nSPS) is 12.3. The van der Waals surface area contributed by atoms with E-state index in [0.717, 1.165) is 29.2 Å². The number of pyridine rings is 1. The predicted octanol–water partition coefficient (Wildman–Crippen LogP) is 1.27. The monoisotopic (exact) mass is 243 g/mol. The average Bonchev–Trinajstić information content (AvgIpc) is 2.38. The third-order valence-corrected chi connectivity index (χ3v) is 2.87. The number of hydrogen-bond acceptors (Lipinski definition) is 5. The number of nitrogens with zero attached hydrogens (tertiary/aromatic N) is 3. The maximum atomic E-state index is 5.93. The molecule has 3 N–H and O–H groups in total. The highest BCUT2D eigenvalue weighted by Crippen LogP contribution is 2.19.